The van der Waals surface area contributed by atoms with E-state index in [0.29, 0.717) is 17.4 Å². The van der Waals surface area contributed by atoms with Gasteiger partial charge in [-0.3, -0.25) is 9.59 Å². The van der Waals surface area contributed by atoms with Crippen molar-refractivity contribution in [2.45, 2.75) is 83.3 Å². The maximum absolute atomic E-state index is 14.2. The van der Waals surface area contributed by atoms with Crippen LogP contribution < -0.4 is 4.74 Å². The number of unbranched alkanes of at least 4 members (excludes halogenated alkanes) is 6. The van der Waals surface area contributed by atoms with Gasteiger partial charge in [0.25, 0.3) is 0 Å². The largest absolute Gasteiger partial charge is 0.489 e. The summed E-state index contributed by atoms with van der Waals surface area (Å²) >= 11 is 0. The van der Waals surface area contributed by atoms with Gasteiger partial charge in [0.2, 0.25) is 0 Å². The molecule has 8 aromatic rings. The molecule has 9 rings (SSSR count). The van der Waals surface area contributed by atoms with Crippen molar-refractivity contribution in [2.75, 3.05) is 0 Å². The van der Waals surface area contributed by atoms with Gasteiger partial charge in [-0.25, -0.2) is 13.2 Å². The van der Waals surface area contributed by atoms with Gasteiger partial charge in [-0.15, -0.1) is 0 Å². The average molecular weight is 829 g/mol. The summed E-state index contributed by atoms with van der Waals surface area (Å²) in [6.45, 7) is 2.10. The van der Waals surface area contributed by atoms with Crippen molar-refractivity contribution >= 4 is 54.8 Å². The van der Waals surface area contributed by atoms with Gasteiger partial charge in [0.1, 0.15) is 30.7 Å². The summed E-state index contributed by atoms with van der Waals surface area (Å²) < 4.78 is 53.9. The van der Waals surface area contributed by atoms with E-state index in [-0.39, 0.29) is 24.7 Å². The van der Waals surface area contributed by atoms with Crippen LogP contribution >= 0.6 is 0 Å². The molecule has 4 nitrogen and oxygen atoms in total. The van der Waals surface area contributed by atoms with Gasteiger partial charge in [0.05, 0.1) is 5.56 Å². The first-order valence-electron chi connectivity index (χ1n) is 21.8. The summed E-state index contributed by atoms with van der Waals surface area (Å²) in [6.07, 6.45) is 8.04. The molecule has 0 bridgehead atoms. The van der Waals surface area contributed by atoms with E-state index in [1.165, 1.54) is 97.4 Å². The number of halogens is 3. The van der Waals surface area contributed by atoms with Gasteiger partial charge in [-0.05, 0) is 102 Å². The number of Topliss-reactive ketones (excluding diaryl/α,β-unsaturated/α-hetero) is 1. The number of ketones is 1. The van der Waals surface area contributed by atoms with Crippen LogP contribution in [0.15, 0.2) is 133 Å². The molecule has 0 radical (unpaired) electrons. The molecule has 0 aromatic heterocycles. The summed E-state index contributed by atoms with van der Waals surface area (Å²) in [6, 6.07) is 43.3. The smallest absolute Gasteiger partial charge is 0.314 e. The maximum atomic E-state index is 14.2. The lowest BCUT2D eigenvalue weighted by atomic mass is 9.82. The maximum Gasteiger partial charge on any atom is 0.314 e. The van der Waals surface area contributed by atoms with E-state index in [1.807, 2.05) is 24.3 Å². The number of carbonyl (C=O) groups is 2. The topological polar surface area (TPSA) is 52.6 Å². The van der Waals surface area contributed by atoms with E-state index in [9.17, 15) is 22.8 Å². The van der Waals surface area contributed by atoms with Crippen LogP contribution in [0.5, 0.6) is 5.75 Å². The third-order valence-electron chi connectivity index (χ3n) is 12.5. The van der Waals surface area contributed by atoms with Crippen molar-refractivity contribution < 1.29 is 32.2 Å². The number of ether oxygens (including phenoxy) is 2. The summed E-state index contributed by atoms with van der Waals surface area (Å²) in [5, 5.41) is 9.82. The number of rotatable bonds is 16. The first kappa shape index (κ1) is 40.9. The second-order valence-electron chi connectivity index (χ2n) is 16.5. The summed E-state index contributed by atoms with van der Waals surface area (Å²) in [5.74, 6) is -5.36. The molecule has 62 heavy (non-hydrogen) atoms. The van der Waals surface area contributed by atoms with Crippen molar-refractivity contribution in [3.8, 4) is 16.9 Å². The van der Waals surface area contributed by atoms with Gasteiger partial charge in [0, 0.05) is 12.0 Å². The van der Waals surface area contributed by atoms with E-state index in [0.717, 1.165) is 19.3 Å². The van der Waals surface area contributed by atoms with E-state index < -0.39 is 41.2 Å². The number of hydrogen-bond donors (Lipinski definition) is 0. The van der Waals surface area contributed by atoms with Crippen molar-refractivity contribution in [1.82, 2.24) is 0 Å². The molecule has 0 aliphatic heterocycles. The highest BCUT2D eigenvalue weighted by Crippen LogP contribution is 2.58. The molecule has 0 fully saturated rings. The van der Waals surface area contributed by atoms with E-state index in [4.69, 9.17) is 9.47 Å². The molecule has 0 saturated heterocycles. The van der Waals surface area contributed by atoms with Crippen LogP contribution in [0, 0.1) is 17.5 Å². The number of benzene rings is 8. The van der Waals surface area contributed by atoms with Crippen molar-refractivity contribution in [3.63, 3.8) is 0 Å². The fraction of sp³-hybridized carbons (Fsp3) is 0.236. The number of hydrogen-bond acceptors (Lipinski definition) is 4. The minimum absolute atomic E-state index is 0.0957. The Balaban J connectivity index is 1.08. The molecule has 7 heteroatoms. The predicted octanol–water partition coefficient (Wildman–Crippen LogP) is 14.7. The standard InChI is InChI=1S/C55H47F3O4/c1-2-3-4-5-6-7-8-25-49(62-35-28-26-34(27-29-35)33-61-50(60)32-48(59)44-30-46(57)47(58)31-45(44)56)55-53-42-23-15-11-19-38(42)36-17-9-13-21-40(36)51(53)52-41-22-14-10-18-37(41)39-20-12-16-24-43(39)54(52)55/h9-24,26-31,49,55H,2-8,25,32-33H2,1H3. The Morgan fingerprint density at radius 3 is 1.56 bits per heavy atom. The average Bonchev–Trinajstić information content (AvgIpc) is 3.66. The Labute approximate surface area is 359 Å². The van der Waals surface area contributed by atoms with Crippen LogP contribution in [0.4, 0.5) is 13.2 Å². The highest BCUT2D eigenvalue weighted by molar-refractivity contribution is 6.25. The lowest BCUT2D eigenvalue weighted by molar-refractivity contribution is -0.143. The summed E-state index contributed by atoms with van der Waals surface area (Å²) in [4.78, 5) is 25.2. The van der Waals surface area contributed by atoms with Crippen LogP contribution in [-0.4, -0.2) is 17.9 Å². The third-order valence-corrected chi connectivity index (χ3v) is 12.5. The zero-order valence-electron chi connectivity index (χ0n) is 34.7. The molecule has 1 aliphatic carbocycles. The number of carbonyl (C=O) groups excluding carboxylic acids is 2. The summed E-state index contributed by atoms with van der Waals surface area (Å²) in [7, 11) is 0. The molecule has 0 N–H and O–H groups in total. The molecule has 0 heterocycles. The molecule has 1 unspecified atom stereocenters. The van der Waals surface area contributed by atoms with Crippen LogP contribution in [0.3, 0.4) is 0 Å². The monoisotopic (exact) mass is 828 g/mol. The Hall–Kier alpha value is -6.47. The normalized spacial score (nSPS) is 12.8. The highest BCUT2D eigenvalue weighted by atomic mass is 19.2. The number of esters is 1. The van der Waals surface area contributed by atoms with Crippen LogP contribution in [0.25, 0.3) is 54.2 Å². The first-order valence-corrected chi connectivity index (χ1v) is 21.8. The van der Waals surface area contributed by atoms with Crippen LogP contribution in [0.1, 0.15) is 97.7 Å². The first-order chi connectivity index (χ1) is 30.3. The van der Waals surface area contributed by atoms with Gasteiger partial charge >= 0.3 is 5.97 Å². The lowest BCUT2D eigenvalue weighted by Gasteiger charge is -2.29. The SMILES string of the molecule is CCCCCCCCCC(Oc1ccc(COC(=O)CC(=O)c2cc(F)c(F)cc2F)cc1)C1c2c(c3ccccc3c3ccccc23)-c2c1c1ccccc1c1ccccc21. The Bertz CT molecular complexity index is 2850. The van der Waals surface area contributed by atoms with Gasteiger partial charge in [-0.2, -0.15) is 0 Å². The van der Waals surface area contributed by atoms with Crippen molar-refractivity contribution in [1.29, 1.82) is 0 Å². The van der Waals surface area contributed by atoms with Gasteiger partial charge in [-0.1, -0.05) is 155 Å². The van der Waals surface area contributed by atoms with E-state index in [1.54, 1.807) is 0 Å². The minimum atomic E-state index is -1.42. The van der Waals surface area contributed by atoms with Crippen molar-refractivity contribution in [3.05, 3.63) is 173 Å². The zero-order valence-corrected chi connectivity index (χ0v) is 34.7. The van der Waals surface area contributed by atoms with Crippen molar-refractivity contribution in [2.24, 2.45) is 0 Å². The molecule has 1 atom stereocenters. The van der Waals surface area contributed by atoms with E-state index in [2.05, 4.69) is 104 Å². The second kappa shape index (κ2) is 17.9. The van der Waals surface area contributed by atoms with Crippen LogP contribution in [0.2, 0.25) is 0 Å². The highest BCUT2D eigenvalue weighted by Gasteiger charge is 2.41. The molecular weight excluding hydrogens is 782 g/mol. The fourth-order valence-corrected chi connectivity index (χ4v) is 9.65. The zero-order chi connectivity index (χ0) is 42.7. The molecule has 1 aliphatic rings. The number of fused-ring (bicyclic) bond motifs is 13. The molecule has 0 amide bonds. The Morgan fingerprint density at radius 2 is 1.02 bits per heavy atom. The Morgan fingerprint density at radius 1 is 0.548 bits per heavy atom. The molecule has 8 aromatic carbocycles. The fourth-order valence-electron chi connectivity index (χ4n) is 9.65. The molecule has 0 saturated carbocycles. The quantitative estimate of drug-likeness (QED) is 0.0243. The second-order valence-corrected chi connectivity index (χ2v) is 16.5. The van der Waals surface area contributed by atoms with Crippen LogP contribution in [-0.2, 0) is 16.1 Å². The van der Waals surface area contributed by atoms with E-state index >= 15 is 0 Å². The third kappa shape index (κ3) is 7.81. The summed E-state index contributed by atoms with van der Waals surface area (Å²) in [5.41, 5.74) is 5.10. The predicted molar refractivity (Wildman–Crippen MR) is 242 cm³/mol. The molecule has 0 spiro atoms. The minimum Gasteiger partial charge on any atom is -0.489 e. The molecule has 312 valence electrons. The molecular formula is C55H47F3O4. The Kier molecular flexibility index (Phi) is 11.8. The van der Waals surface area contributed by atoms with Gasteiger partial charge < -0.3 is 9.47 Å². The van der Waals surface area contributed by atoms with Gasteiger partial charge in [0.15, 0.2) is 17.4 Å². The lowest BCUT2D eigenvalue weighted by Crippen LogP contribution is -2.26.